The summed E-state index contributed by atoms with van der Waals surface area (Å²) >= 11 is 0. The molecule has 0 aliphatic heterocycles. The van der Waals surface area contributed by atoms with Gasteiger partial charge in [-0.1, -0.05) is 36.4 Å². The van der Waals surface area contributed by atoms with Crippen molar-refractivity contribution in [1.29, 1.82) is 5.26 Å². The third kappa shape index (κ3) is 4.38. The van der Waals surface area contributed by atoms with Crippen LogP contribution in [0.5, 0.6) is 0 Å². The molecule has 7 heteroatoms. The van der Waals surface area contributed by atoms with Gasteiger partial charge in [-0.2, -0.15) is 9.57 Å². The smallest absolute Gasteiger partial charge is 0.243 e. The van der Waals surface area contributed by atoms with Gasteiger partial charge in [0, 0.05) is 31.9 Å². The maximum Gasteiger partial charge on any atom is 0.243 e. The molecule has 0 radical (unpaired) electrons. The number of hydrogen-bond donors (Lipinski definition) is 0. The molecule has 2 aromatic carbocycles. The Morgan fingerprint density at radius 1 is 1.04 bits per heavy atom. The summed E-state index contributed by atoms with van der Waals surface area (Å²) in [5.41, 5.74) is 0.782. The Bertz CT molecular complexity index is 1020. The maximum absolute atomic E-state index is 13.1. The average molecular weight is 387 g/mol. The number of fused-ring (bicyclic) bond motifs is 1. The van der Waals surface area contributed by atoms with E-state index in [1.165, 1.54) is 4.31 Å². The van der Waals surface area contributed by atoms with Gasteiger partial charge in [0.2, 0.25) is 10.0 Å². The molecule has 3 aromatic rings. The van der Waals surface area contributed by atoms with Gasteiger partial charge in [-0.3, -0.25) is 4.98 Å². The lowest BCUT2D eigenvalue weighted by molar-refractivity contribution is -0.00000781. The highest BCUT2D eigenvalue weighted by molar-refractivity contribution is 7.89. The minimum atomic E-state index is -3.71. The van der Waals surface area contributed by atoms with Crippen molar-refractivity contribution >= 4 is 20.8 Å². The second kappa shape index (κ2) is 8.77. The largest absolute Gasteiger partial charge is 1.00 e. The van der Waals surface area contributed by atoms with Crippen LogP contribution >= 0.6 is 0 Å². The summed E-state index contributed by atoms with van der Waals surface area (Å²) in [6.07, 6.45) is 3.41. The zero-order chi connectivity index (χ0) is 17.7. The molecule has 0 spiro atoms. The van der Waals surface area contributed by atoms with Crippen molar-refractivity contribution in [2.75, 3.05) is 6.54 Å². The minimum Gasteiger partial charge on any atom is -1.00 e. The molecule has 0 N–H and O–H groups in total. The van der Waals surface area contributed by atoms with Crippen LogP contribution in [0.1, 0.15) is 12.0 Å². The van der Waals surface area contributed by atoms with Crippen LogP contribution in [-0.2, 0) is 16.6 Å². The van der Waals surface area contributed by atoms with E-state index in [9.17, 15) is 8.42 Å². The lowest BCUT2D eigenvalue weighted by Gasteiger charge is -2.21. The first kappa shape index (κ1) is 19.9. The van der Waals surface area contributed by atoms with Crippen molar-refractivity contribution in [3.8, 4) is 6.07 Å². The highest BCUT2D eigenvalue weighted by atomic mass is 35.5. The summed E-state index contributed by atoms with van der Waals surface area (Å²) in [6, 6.07) is 18.3. The van der Waals surface area contributed by atoms with Crippen LogP contribution in [0.4, 0.5) is 0 Å². The molecule has 0 bridgehead atoms. The summed E-state index contributed by atoms with van der Waals surface area (Å²) < 4.78 is 27.5. The molecule has 0 saturated heterocycles. The van der Waals surface area contributed by atoms with E-state index in [1.807, 2.05) is 36.4 Å². The van der Waals surface area contributed by atoms with Crippen LogP contribution < -0.4 is 12.4 Å². The third-order valence-corrected chi connectivity index (χ3v) is 5.75. The fourth-order valence-electron chi connectivity index (χ4n) is 2.63. The lowest BCUT2D eigenvalue weighted by Crippen LogP contribution is -3.00. The van der Waals surface area contributed by atoms with E-state index in [-0.39, 0.29) is 36.8 Å². The molecule has 0 saturated carbocycles. The number of rotatable bonds is 6. The fraction of sp³-hybridized carbons (Fsp3) is 0.158. The van der Waals surface area contributed by atoms with Crippen molar-refractivity contribution in [1.82, 2.24) is 9.29 Å². The third-order valence-electron chi connectivity index (χ3n) is 3.91. The monoisotopic (exact) mass is 386 g/mol. The molecule has 3 rings (SSSR count). The van der Waals surface area contributed by atoms with Gasteiger partial charge in [-0.25, -0.2) is 8.42 Å². The SMILES string of the molecule is N#CCCN(Cc1cccnc1)S(=O)(=O)c1ccc2ccccc2c1.[Cl-]. The molecule has 0 fully saturated rings. The van der Waals surface area contributed by atoms with Crippen LogP contribution in [0.3, 0.4) is 0 Å². The molecule has 134 valence electrons. The van der Waals surface area contributed by atoms with Crippen LogP contribution in [0, 0.1) is 11.3 Å². The minimum absolute atomic E-state index is 0. The predicted molar refractivity (Wildman–Crippen MR) is 96.0 cm³/mol. The Kier molecular flexibility index (Phi) is 6.70. The number of benzene rings is 2. The second-order valence-electron chi connectivity index (χ2n) is 5.62. The first-order valence-corrected chi connectivity index (χ1v) is 9.30. The molecule has 5 nitrogen and oxygen atoms in total. The fourth-order valence-corrected chi connectivity index (χ4v) is 4.10. The standard InChI is InChI=1S/C19H17N3O2S.ClH/c20-10-4-12-22(15-16-5-3-11-21-14-16)25(23,24)19-9-8-17-6-1-2-7-18(17)13-19;/h1-3,5-9,11,13-14H,4,12,15H2;1H/p-1. The predicted octanol–water partition coefficient (Wildman–Crippen LogP) is 0.343. The van der Waals surface area contributed by atoms with Crippen LogP contribution in [0.25, 0.3) is 10.8 Å². The van der Waals surface area contributed by atoms with Crippen molar-refractivity contribution in [2.45, 2.75) is 17.9 Å². The van der Waals surface area contributed by atoms with Crippen LogP contribution in [0.2, 0.25) is 0 Å². The molecule has 0 unspecified atom stereocenters. The Morgan fingerprint density at radius 3 is 2.50 bits per heavy atom. The topological polar surface area (TPSA) is 74.1 Å². The molecule has 0 aliphatic carbocycles. The molecule has 1 heterocycles. The first-order chi connectivity index (χ1) is 12.1. The first-order valence-electron chi connectivity index (χ1n) is 7.86. The Labute approximate surface area is 159 Å². The van der Waals surface area contributed by atoms with Gasteiger partial charge in [-0.05, 0) is 34.5 Å². The summed E-state index contributed by atoms with van der Waals surface area (Å²) in [5.74, 6) is 0. The van der Waals surface area contributed by atoms with Crippen molar-refractivity contribution in [2.24, 2.45) is 0 Å². The van der Waals surface area contributed by atoms with E-state index in [0.717, 1.165) is 16.3 Å². The highest BCUT2D eigenvalue weighted by Gasteiger charge is 2.24. The number of pyridine rings is 1. The van der Waals surface area contributed by atoms with E-state index in [0.29, 0.717) is 0 Å². The van der Waals surface area contributed by atoms with Gasteiger partial charge in [0.1, 0.15) is 0 Å². The number of hydrogen-bond acceptors (Lipinski definition) is 4. The quantitative estimate of drug-likeness (QED) is 0.612. The summed E-state index contributed by atoms with van der Waals surface area (Å²) in [7, 11) is -3.71. The summed E-state index contributed by atoms with van der Waals surface area (Å²) in [4.78, 5) is 4.26. The van der Waals surface area contributed by atoms with Gasteiger partial charge >= 0.3 is 0 Å². The summed E-state index contributed by atoms with van der Waals surface area (Å²) in [6.45, 7) is 0.325. The number of nitrogens with zero attached hydrogens (tertiary/aromatic N) is 3. The Balaban J connectivity index is 0.00000243. The van der Waals surface area contributed by atoms with E-state index in [1.54, 1.807) is 36.7 Å². The van der Waals surface area contributed by atoms with Gasteiger partial charge in [0.25, 0.3) is 0 Å². The van der Waals surface area contributed by atoms with Crippen molar-refractivity contribution < 1.29 is 20.8 Å². The molecular weight excluding hydrogens is 370 g/mol. The molecule has 0 aliphatic rings. The van der Waals surface area contributed by atoms with Crippen molar-refractivity contribution in [3.05, 3.63) is 72.6 Å². The number of sulfonamides is 1. The number of nitriles is 1. The van der Waals surface area contributed by atoms with E-state index < -0.39 is 10.0 Å². The molecular formula is C19H17ClN3O2S-. The summed E-state index contributed by atoms with van der Waals surface area (Å²) in [5, 5.41) is 10.7. The lowest BCUT2D eigenvalue weighted by atomic mass is 10.1. The van der Waals surface area contributed by atoms with Crippen molar-refractivity contribution in [3.63, 3.8) is 0 Å². The van der Waals surface area contributed by atoms with E-state index >= 15 is 0 Å². The molecule has 1 aromatic heterocycles. The molecule has 0 amide bonds. The number of halogens is 1. The van der Waals surface area contributed by atoms with Gasteiger partial charge < -0.3 is 12.4 Å². The Hall–Kier alpha value is -2.46. The Morgan fingerprint density at radius 2 is 1.81 bits per heavy atom. The van der Waals surface area contributed by atoms with Gasteiger partial charge in [0.05, 0.1) is 11.0 Å². The normalized spacial score (nSPS) is 11.1. The van der Waals surface area contributed by atoms with Gasteiger partial charge in [0.15, 0.2) is 0 Å². The average Bonchev–Trinajstić information content (AvgIpc) is 2.65. The highest BCUT2D eigenvalue weighted by Crippen LogP contribution is 2.23. The van der Waals surface area contributed by atoms with Gasteiger partial charge in [-0.15, -0.1) is 0 Å². The number of aromatic nitrogens is 1. The zero-order valence-electron chi connectivity index (χ0n) is 13.9. The van der Waals surface area contributed by atoms with E-state index in [4.69, 9.17) is 5.26 Å². The molecule has 0 atom stereocenters. The van der Waals surface area contributed by atoms with Crippen LogP contribution in [-0.4, -0.2) is 24.3 Å². The molecule has 26 heavy (non-hydrogen) atoms. The van der Waals surface area contributed by atoms with Crippen LogP contribution in [0.15, 0.2) is 71.9 Å². The van der Waals surface area contributed by atoms with E-state index in [2.05, 4.69) is 4.98 Å². The second-order valence-corrected chi connectivity index (χ2v) is 7.55. The zero-order valence-corrected chi connectivity index (χ0v) is 15.5. The maximum atomic E-state index is 13.1.